The molecule has 0 aromatic rings. The highest BCUT2D eigenvalue weighted by molar-refractivity contribution is 4.84. The number of halogens is 1. The van der Waals surface area contributed by atoms with Crippen LogP contribution in [0, 0.1) is 5.92 Å². The summed E-state index contributed by atoms with van der Waals surface area (Å²) in [5.74, 6) is 0.0787. The van der Waals surface area contributed by atoms with Crippen molar-refractivity contribution in [2.75, 3.05) is 26.8 Å². The Kier molecular flexibility index (Phi) is 2.03. The first-order chi connectivity index (χ1) is 4.24. The quantitative estimate of drug-likeness (QED) is 0.537. The van der Waals surface area contributed by atoms with Crippen LogP contribution >= 0.6 is 0 Å². The van der Waals surface area contributed by atoms with Crippen LogP contribution in [0.4, 0.5) is 4.39 Å². The van der Waals surface area contributed by atoms with E-state index < -0.39 is 0 Å². The molecule has 3 heteroatoms. The Morgan fingerprint density at radius 2 is 2.33 bits per heavy atom. The smallest absolute Gasteiger partial charge is 0.0950 e. The van der Waals surface area contributed by atoms with Crippen molar-refractivity contribution < 1.29 is 4.39 Å². The van der Waals surface area contributed by atoms with Gasteiger partial charge in [0.05, 0.1) is 6.67 Å². The highest BCUT2D eigenvalue weighted by Crippen LogP contribution is 2.12. The van der Waals surface area contributed by atoms with E-state index >= 15 is 0 Å². The molecule has 2 N–H and O–H groups in total. The largest absolute Gasteiger partial charge is 0.326 e. The summed E-state index contributed by atoms with van der Waals surface area (Å²) in [6.45, 7) is 1.39. The van der Waals surface area contributed by atoms with Gasteiger partial charge in [0.2, 0.25) is 0 Å². The third-order valence-corrected chi connectivity index (χ3v) is 1.87. The van der Waals surface area contributed by atoms with Gasteiger partial charge in [-0.3, -0.25) is 4.39 Å². The molecule has 54 valence electrons. The van der Waals surface area contributed by atoms with E-state index in [1.807, 2.05) is 7.05 Å². The Bertz CT molecular complexity index is 97.1. The Morgan fingerprint density at radius 3 is 2.56 bits per heavy atom. The number of hydrogen-bond acceptors (Lipinski definition) is 2. The fraction of sp³-hybridized carbons (Fsp3) is 1.00. The summed E-state index contributed by atoms with van der Waals surface area (Å²) < 4.78 is 12.0. The highest BCUT2D eigenvalue weighted by atomic mass is 19.1. The van der Waals surface area contributed by atoms with E-state index in [2.05, 4.69) is 4.90 Å². The normalized spacial score (nSPS) is 37.7. The van der Waals surface area contributed by atoms with Gasteiger partial charge in [-0.1, -0.05) is 0 Å². The average molecular weight is 132 g/mol. The minimum absolute atomic E-state index is 0.0556. The number of rotatable bonds is 1. The predicted octanol–water partition coefficient (Wildman–Crippen LogP) is -0.155. The van der Waals surface area contributed by atoms with E-state index in [0.717, 1.165) is 13.1 Å². The summed E-state index contributed by atoms with van der Waals surface area (Å²) in [4.78, 5) is 2.06. The SMILES string of the molecule is CN1CC(N)C(CF)C1. The third-order valence-electron chi connectivity index (χ3n) is 1.87. The van der Waals surface area contributed by atoms with Crippen molar-refractivity contribution in [3.05, 3.63) is 0 Å². The van der Waals surface area contributed by atoms with Gasteiger partial charge >= 0.3 is 0 Å². The molecular formula is C6H13FN2. The summed E-state index contributed by atoms with van der Waals surface area (Å²) in [7, 11) is 1.97. The molecule has 0 aromatic heterocycles. The number of nitrogens with zero attached hydrogens (tertiary/aromatic N) is 1. The number of likely N-dealkylation sites (tertiary alicyclic amines) is 1. The van der Waals surface area contributed by atoms with Crippen LogP contribution < -0.4 is 5.73 Å². The maximum atomic E-state index is 12.0. The molecule has 0 saturated carbocycles. The van der Waals surface area contributed by atoms with Gasteiger partial charge in [-0.05, 0) is 7.05 Å². The molecule has 1 heterocycles. The van der Waals surface area contributed by atoms with Gasteiger partial charge in [0.25, 0.3) is 0 Å². The lowest BCUT2D eigenvalue weighted by Gasteiger charge is -2.06. The molecule has 0 radical (unpaired) electrons. The molecule has 1 rings (SSSR count). The molecule has 0 bridgehead atoms. The van der Waals surface area contributed by atoms with Gasteiger partial charge in [-0.2, -0.15) is 0 Å². The highest BCUT2D eigenvalue weighted by Gasteiger charge is 2.27. The maximum Gasteiger partial charge on any atom is 0.0950 e. The third kappa shape index (κ3) is 1.40. The van der Waals surface area contributed by atoms with Crippen LogP contribution in [0.1, 0.15) is 0 Å². The van der Waals surface area contributed by atoms with Crippen molar-refractivity contribution in [3.8, 4) is 0 Å². The van der Waals surface area contributed by atoms with Crippen molar-refractivity contribution in [1.29, 1.82) is 0 Å². The zero-order valence-electron chi connectivity index (χ0n) is 5.68. The lowest BCUT2D eigenvalue weighted by molar-refractivity contribution is 0.335. The first-order valence-electron chi connectivity index (χ1n) is 3.24. The van der Waals surface area contributed by atoms with Crippen LogP contribution in [0.2, 0.25) is 0 Å². The second-order valence-electron chi connectivity index (χ2n) is 2.80. The summed E-state index contributed by atoms with van der Waals surface area (Å²) in [6, 6.07) is 0.0556. The van der Waals surface area contributed by atoms with Crippen molar-refractivity contribution in [2.24, 2.45) is 11.7 Å². The van der Waals surface area contributed by atoms with Gasteiger partial charge in [-0.15, -0.1) is 0 Å². The molecule has 1 aliphatic heterocycles. The molecule has 9 heavy (non-hydrogen) atoms. The van der Waals surface area contributed by atoms with Crippen LogP contribution in [0.25, 0.3) is 0 Å². The number of likely N-dealkylation sites (N-methyl/N-ethyl adjacent to an activating group) is 1. The molecule has 1 aliphatic rings. The fourth-order valence-corrected chi connectivity index (χ4v) is 1.28. The lowest BCUT2D eigenvalue weighted by atomic mass is 10.1. The first-order valence-corrected chi connectivity index (χ1v) is 3.24. The van der Waals surface area contributed by atoms with Crippen LogP contribution in [-0.4, -0.2) is 37.8 Å². The molecule has 0 aliphatic carbocycles. The van der Waals surface area contributed by atoms with E-state index in [4.69, 9.17) is 5.73 Å². The topological polar surface area (TPSA) is 29.3 Å². The summed E-state index contributed by atoms with van der Waals surface area (Å²) in [5.41, 5.74) is 5.60. The minimum atomic E-state index is -0.272. The molecule has 1 saturated heterocycles. The van der Waals surface area contributed by atoms with Crippen LogP contribution in [-0.2, 0) is 0 Å². The molecule has 0 aromatic carbocycles. The van der Waals surface area contributed by atoms with E-state index in [9.17, 15) is 4.39 Å². The summed E-state index contributed by atoms with van der Waals surface area (Å²) in [6.07, 6.45) is 0. The lowest BCUT2D eigenvalue weighted by Crippen LogP contribution is -2.30. The van der Waals surface area contributed by atoms with Crippen molar-refractivity contribution in [2.45, 2.75) is 6.04 Å². The van der Waals surface area contributed by atoms with Crippen LogP contribution in [0.15, 0.2) is 0 Å². The Balaban J connectivity index is 2.38. The molecule has 1 fully saturated rings. The van der Waals surface area contributed by atoms with E-state index in [1.165, 1.54) is 0 Å². The monoisotopic (exact) mass is 132 g/mol. The molecule has 2 nitrogen and oxygen atoms in total. The minimum Gasteiger partial charge on any atom is -0.326 e. The van der Waals surface area contributed by atoms with Crippen LogP contribution in [0.5, 0.6) is 0 Å². The standard InChI is InChI=1S/C6H13FN2/c1-9-3-5(2-7)6(8)4-9/h5-6H,2-4,8H2,1H3. The maximum absolute atomic E-state index is 12.0. The van der Waals surface area contributed by atoms with Gasteiger partial charge in [0.1, 0.15) is 0 Å². The zero-order valence-corrected chi connectivity index (χ0v) is 5.68. The summed E-state index contributed by atoms with van der Waals surface area (Å²) >= 11 is 0. The molecular weight excluding hydrogens is 119 g/mol. The molecule has 2 unspecified atom stereocenters. The fourth-order valence-electron chi connectivity index (χ4n) is 1.28. The summed E-state index contributed by atoms with van der Waals surface area (Å²) in [5, 5.41) is 0. The first kappa shape index (κ1) is 6.96. The zero-order chi connectivity index (χ0) is 6.85. The second kappa shape index (κ2) is 2.62. The molecule has 0 spiro atoms. The van der Waals surface area contributed by atoms with Crippen molar-refractivity contribution >= 4 is 0 Å². The van der Waals surface area contributed by atoms with Gasteiger partial charge in [0.15, 0.2) is 0 Å². The van der Waals surface area contributed by atoms with Crippen molar-refractivity contribution in [3.63, 3.8) is 0 Å². The predicted molar refractivity (Wildman–Crippen MR) is 34.9 cm³/mol. The Hall–Kier alpha value is -0.150. The number of nitrogens with two attached hydrogens (primary N) is 1. The Morgan fingerprint density at radius 1 is 1.67 bits per heavy atom. The van der Waals surface area contributed by atoms with Gasteiger partial charge in [0, 0.05) is 25.0 Å². The molecule has 2 atom stereocenters. The number of hydrogen-bond donors (Lipinski definition) is 1. The average Bonchev–Trinajstić information content (AvgIpc) is 2.10. The van der Waals surface area contributed by atoms with Crippen LogP contribution in [0.3, 0.4) is 0 Å². The van der Waals surface area contributed by atoms with Gasteiger partial charge in [-0.25, -0.2) is 0 Å². The van der Waals surface area contributed by atoms with E-state index in [0.29, 0.717) is 0 Å². The van der Waals surface area contributed by atoms with E-state index in [1.54, 1.807) is 0 Å². The van der Waals surface area contributed by atoms with Gasteiger partial charge < -0.3 is 10.6 Å². The van der Waals surface area contributed by atoms with Crippen molar-refractivity contribution in [1.82, 2.24) is 4.90 Å². The van der Waals surface area contributed by atoms with E-state index in [-0.39, 0.29) is 18.6 Å². The second-order valence-corrected chi connectivity index (χ2v) is 2.80. The molecule has 0 amide bonds. The number of alkyl halides is 1. The Labute approximate surface area is 54.8 Å².